The molecule has 0 spiro atoms. The Balaban J connectivity index is 1.71. The number of amides is 1. The third-order valence-corrected chi connectivity index (χ3v) is 4.45. The summed E-state index contributed by atoms with van der Waals surface area (Å²) >= 11 is 1.26. The summed E-state index contributed by atoms with van der Waals surface area (Å²) in [5.41, 5.74) is 1.70. The fourth-order valence-corrected chi connectivity index (χ4v) is 3.26. The van der Waals surface area contributed by atoms with Gasteiger partial charge in [-0.25, -0.2) is 13.8 Å². The van der Waals surface area contributed by atoms with Gasteiger partial charge in [-0.15, -0.1) is 0 Å². The number of hydrogen-bond donors (Lipinski definition) is 1. The van der Waals surface area contributed by atoms with Crippen LogP contribution in [0.25, 0.3) is 11.0 Å². The van der Waals surface area contributed by atoms with E-state index in [1.807, 2.05) is 35.8 Å². The molecule has 0 aliphatic rings. The van der Waals surface area contributed by atoms with Crippen molar-refractivity contribution >= 4 is 34.4 Å². The third kappa shape index (κ3) is 3.41. The van der Waals surface area contributed by atoms with Crippen LogP contribution in [0.4, 0.5) is 14.5 Å². The van der Waals surface area contributed by atoms with Crippen LogP contribution in [0.15, 0.2) is 47.6 Å². The molecular formula is C17H15F2N3OS. The number of rotatable bonds is 5. The molecular weight excluding hydrogens is 332 g/mol. The van der Waals surface area contributed by atoms with Crippen molar-refractivity contribution in [2.24, 2.45) is 0 Å². The Labute approximate surface area is 141 Å². The maximum Gasteiger partial charge on any atom is 0.234 e. The summed E-state index contributed by atoms with van der Waals surface area (Å²) in [5, 5.41) is 3.10. The molecule has 0 bridgehead atoms. The van der Waals surface area contributed by atoms with Gasteiger partial charge in [0.25, 0.3) is 0 Å². The first-order valence-electron chi connectivity index (χ1n) is 7.41. The van der Waals surface area contributed by atoms with E-state index in [0.717, 1.165) is 35.8 Å². The maximum atomic E-state index is 13.5. The highest BCUT2D eigenvalue weighted by atomic mass is 32.2. The summed E-state index contributed by atoms with van der Waals surface area (Å²) in [5.74, 6) is -1.64. The van der Waals surface area contributed by atoms with Crippen LogP contribution in [0.3, 0.4) is 0 Å². The van der Waals surface area contributed by atoms with E-state index in [2.05, 4.69) is 10.3 Å². The Morgan fingerprint density at radius 2 is 2.04 bits per heavy atom. The molecule has 0 saturated carbocycles. The number of thioether (sulfide) groups is 1. The molecule has 1 aromatic heterocycles. The Morgan fingerprint density at radius 3 is 2.83 bits per heavy atom. The smallest absolute Gasteiger partial charge is 0.234 e. The molecule has 0 fully saturated rings. The Hall–Kier alpha value is -2.41. The molecule has 7 heteroatoms. The average Bonchev–Trinajstić information content (AvgIpc) is 2.94. The molecule has 0 atom stereocenters. The number of anilines is 1. The molecule has 4 nitrogen and oxygen atoms in total. The largest absolute Gasteiger partial charge is 0.323 e. The van der Waals surface area contributed by atoms with Crippen molar-refractivity contribution in [1.29, 1.82) is 0 Å². The number of imidazole rings is 1. The predicted octanol–water partition coefficient (Wildman–Crippen LogP) is 4.07. The van der Waals surface area contributed by atoms with Crippen LogP contribution in [-0.2, 0) is 11.3 Å². The second-order valence-corrected chi connectivity index (χ2v) is 6.03. The van der Waals surface area contributed by atoms with Gasteiger partial charge in [0, 0.05) is 12.6 Å². The molecule has 0 saturated heterocycles. The van der Waals surface area contributed by atoms with Crippen molar-refractivity contribution in [3.63, 3.8) is 0 Å². The van der Waals surface area contributed by atoms with Crippen LogP contribution < -0.4 is 5.32 Å². The minimum absolute atomic E-state index is 0.0548. The molecule has 0 aliphatic carbocycles. The van der Waals surface area contributed by atoms with E-state index in [-0.39, 0.29) is 11.4 Å². The van der Waals surface area contributed by atoms with E-state index in [1.54, 1.807) is 0 Å². The minimum atomic E-state index is -0.671. The van der Waals surface area contributed by atoms with Crippen LogP contribution in [-0.4, -0.2) is 21.2 Å². The van der Waals surface area contributed by atoms with Crippen LogP contribution in [0.2, 0.25) is 0 Å². The fourth-order valence-electron chi connectivity index (χ4n) is 2.38. The highest BCUT2D eigenvalue weighted by Crippen LogP contribution is 2.24. The number of aromatic nitrogens is 2. The first-order valence-corrected chi connectivity index (χ1v) is 8.40. The molecule has 1 heterocycles. The lowest BCUT2D eigenvalue weighted by Gasteiger charge is -2.07. The number of carbonyl (C=O) groups excluding carboxylic acids is 1. The van der Waals surface area contributed by atoms with Gasteiger partial charge in [0.15, 0.2) is 5.16 Å². The zero-order valence-electron chi connectivity index (χ0n) is 12.9. The number of fused-ring (bicyclic) bond motifs is 1. The first kappa shape index (κ1) is 16.4. The highest BCUT2D eigenvalue weighted by molar-refractivity contribution is 7.99. The summed E-state index contributed by atoms with van der Waals surface area (Å²) in [6, 6.07) is 10.7. The van der Waals surface area contributed by atoms with E-state index < -0.39 is 17.5 Å². The van der Waals surface area contributed by atoms with Crippen LogP contribution in [0, 0.1) is 11.6 Å². The Bertz CT molecular complexity index is 895. The topological polar surface area (TPSA) is 46.9 Å². The van der Waals surface area contributed by atoms with Crippen LogP contribution in [0.1, 0.15) is 6.92 Å². The number of aryl methyl sites for hydroxylation is 1. The molecule has 124 valence electrons. The lowest BCUT2D eigenvalue weighted by molar-refractivity contribution is -0.113. The minimum Gasteiger partial charge on any atom is -0.323 e. The van der Waals surface area contributed by atoms with Crippen molar-refractivity contribution in [2.45, 2.75) is 18.6 Å². The number of hydrogen-bond acceptors (Lipinski definition) is 3. The number of benzene rings is 2. The number of nitrogens with one attached hydrogen (secondary N) is 1. The van der Waals surface area contributed by atoms with Crippen LogP contribution in [0.5, 0.6) is 0 Å². The van der Waals surface area contributed by atoms with Gasteiger partial charge in [0.1, 0.15) is 11.6 Å². The van der Waals surface area contributed by atoms with Gasteiger partial charge in [-0.05, 0) is 31.2 Å². The fraction of sp³-hybridized carbons (Fsp3) is 0.176. The van der Waals surface area contributed by atoms with E-state index >= 15 is 0 Å². The Morgan fingerprint density at radius 1 is 1.25 bits per heavy atom. The number of para-hydroxylation sites is 2. The molecule has 0 aliphatic heterocycles. The molecule has 1 amide bonds. The van der Waals surface area contributed by atoms with Gasteiger partial charge < -0.3 is 9.88 Å². The Kier molecular flexibility index (Phi) is 4.80. The molecule has 1 N–H and O–H groups in total. The van der Waals surface area contributed by atoms with Gasteiger partial charge in [-0.2, -0.15) is 0 Å². The molecule has 3 rings (SSSR count). The standard InChI is InChI=1S/C17H15F2N3OS/c1-2-22-15-6-4-3-5-13(15)21-17(22)24-10-16(23)20-14-9-11(18)7-8-12(14)19/h3-9H,2,10H2,1H3,(H,20,23). The molecule has 0 unspecified atom stereocenters. The normalized spacial score (nSPS) is 11.0. The van der Waals surface area contributed by atoms with Crippen molar-refractivity contribution in [2.75, 3.05) is 11.1 Å². The van der Waals surface area contributed by atoms with Crippen LogP contribution >= 0.6 is 11.8 Å². The predicted molar refractivity (Wildman–Crippen MR) is 91.1 cm³/mol. The van der Waals surface area contributed by atoms with Crippen molar-refractivity contribution in [3.05, 3.63) is 54.1 Å². The number of carbonyl (C=O) groups is 1. The van der Waals surface area contributed by atoms with Gasteiger partial charge >= 0.3 is 0 Å². The number of nitrogens with zero attached hydrogens (tertiary/aromatic N) is 2. The van der Waals surface area contributed by atoms with Gasteiger partial charge in [-0.3, -0.25) is 4.79 Å². The van der Waals surface area contributed by atoms with E-state index in [4.69, 9.17) is 0 Å². The number of halogens is 2. The highest BCUT2D eigenvalue weighted by Gasteiger charge is 2.13. The molecule has 3 aromatic rings. The second-order valence-electron chi connectivity index (χ2n) is 5.09. The summed E-state index contributed by atoms with van der Waals surface area (Å²) in [7, 11) is 0. The van der Waals surface area contributed by atoms with Gasteiger partial charge in [-0.1, -0.05) is 23.9 Å². The summed E-state index contributed by atoms with van der Waals surface area (Å²) in [4.78, 5) is 16.5. The quantitative estimate of drug-likeness (QED) is 0.708. The van der Waals surface area contributed by atoms with Crippen molar-refractivity contribution in [1.82, 2.24) is 9.55 Å². The van der Waals surface area contributed by atoms with E-state index in [1.165, 1.54) is 11.8 Å². The molecule has 24 heavy (non-hydrogen) atoms. The third-order valence-electron chi connectivity index (χ3n) is 3.47. The van der Waals surface area contributed by atoms with Gasteiger partial charge in [0.2, 0.25) is 5.91 Å². The second kappa shape index (κ2) is 7.00. The lowest BCUT2D eigenvalue weighted by atomic mass is 10.3. The summed E-state index contributed by atoms with van der Waals surface area (Å²) in [6.07, 6.45) is 0. The monoisotopic (exact) mass is 347 g/mol. The summed E-state index contributed by atoms with van der Waals surface area (Å²) in [6.45, 7) is 2.73. The van der Waals surface area contributed by atoms with Crippen molar-refractivity contribution < 1.29 is 13.6 Å². The van der Waals surface area contributed by atoms with Gasteiger partial charge in [0.05, 0.1) is 22.5 Å². The zero-order chi connectivity index (χ0) is 17.1. The maximum absolute atomic E-state index is 13.5. The lowest BCUT2D eigenvalue weighted by Crippen LogP contribution is -2.15. The van der Waals surface area contributed by atoms with E-state index in [9.17, 15) is 13.6 Å². The summed E-state index contributed by atoms with van der Waals surface area (Å²) < 4.78 is 28.7. The first-order chi connectivity index (χ1) is 11.6. The zero-order valence-corrected chi connectivity index (χ0v) is 13.7. The van der Waals surface area contributed by atoms with E-state index in [0.29, 0.717) is 5.16 Å². The average molecular weight is 347 g/mol. The van der Waals surface area contributed by atoms with Crippen molar-refractivity contribution in [3.8, 4) is 0 Å². The SMILES string of the molecule is CCn1c(SCC(=O)Nc2cc(F)ccc2F)nc2ccccc21. The molecule has 0 radical (unpaired) electrons. The molecule has 2 aromatic carbocycles.